The Balaban J connectivity index is -0.000000202. The summed E-state index contributed by atoms with van der Waals surface area (Å²) in [5.74, 6) is 0. The van der Waals surface area contributed by atoms with E-state index in [1.807, 2.05) is 72.8 Å². The van der Waals surface area contributed by atoms with Gasteiger partial charge in [0.15, 0.2) is 0 Å². The summed E-state index contributed by atoms with van der Waals surface area (Å²) in [6.45, 7) is 0. The van der Waals surface area contributed by atoms with Gasteiger partial charge in [0.2, 0.25) is 0 Å². The molecule has 1 aliphatic rings. The molecule has 3 heteroatoms. The molecule has 2 aromatic rings. The van der Waals surface area contributed by atoms with Crippen LogP contribution in [0.5, 0.6) is 0 Å². The summed E-state index contributed by atoms with van der Waals surface area (Å²) in [6.07, 6.45) is 10.0. The second kappa shape index (κ2) is 20.7. The average Bonchev–Trinajstić information content (AvgIpc) is 3.03. The van der Waals surface area contributed by atoms with Crippen LogP contribution >= 0.6 is 0 Å². The molecule has 0 bridgehead atoms. The van der Waals surface area contributed by atoms with Crippen LogP contribution in [0.25, 0.3) is 0 Å². The maximum Gasteiger partial charge on any atom is 2.00 e. The van der Waals surface area contributed by atoms with E-state index in [0.717, 1.165) is 6.42 Å². The summed E-state index contributed by atoms with van der Waals surface area (Å²) in [5.41, 5.74) is 0. The van der Waals surface area contributed by atoms with Crippen molar-refractivity contribution in [2.75, 3.05) is 0 Å². The summed E-state index contributed by atoms with van der Waals surface area (Å²) >= 11 is 0. The molecule has 0 saturated carbocycles. The molecular formula is C17H15Cl2Zr-3. The number of hydrogen-bond donors (Lipinski definition) is 0. The number of halogens is 2. The van der Waals surface area contributed by atoms with Gasteiger partial charge in [-0.15, -0.1) is 6.42 Å². The zero-order valence-corrected chi connectivity index (χ0v) is 14.9. The van der Waals surface area contributed by atoms with Gasteiger partial charge in [-0.05, 0) is 0 Å². The van der Waals surface area contributed by atoms with E-state index in [4.69, 9.17) is 0 Å². The van der Waals surface area contributed by atoms with Crippen molar-refractivity contribution in [2.45, 2.75) is 6.42 Å². The first kappa shape index (κ1) is 24.4. The van der Waals surface area contributed by atoms with Crippen molar-refractivity contribution in [3.05, 3.63) is 97.1 Å². The Kier molecular flexibility index (Phi) is 25.3. The minimum Gasteiger partial charge on any atom is -1.00 e. The maximum atomic E-state index is 2.99. The Labute approximate surface area is 153 Å². The molecule has 0 spiro atoms. The third-order valence-electron chi connectivity index (χ3n) is 1.80. The topological polar surface area (TPSA) is 0 Å². The fourth-order valence-electron chi connectivity index (χ4n) is 1.02. The molecule has 0 atom stereocenters. The van der Waals surface area contributed by atoms with Gasteiger partial charge in [-0.25, -0.2) is 12.2 Å². The average molecular weight is 381 g/mol. The predicted octanol–water partition coefficient (Wildman–Crippen LogP) is -1.72. The van der Waals surface area contributed by atoms with Crippen LogP contribution in [0.15, 0.2) is 78.9 Å². The molecule has 104 valence electrons. The van der Waals surface area contributed by atoms with Crippen LogP contribution in [-0.2, 0) is 26.2 Å². The molecule has 1 aliphatic carbocycles. The Morgan fingerprint density at radius 1 is 0.650 bits per heavy atom. The Morgan fingerprint density at radius 2 is 1.10 bits per heavy atom. The van der Waals surface area contributed by atoms with E-state index in [9.17, 15) is 0 Å². The molecule has 0 heterocycles. The minimum absolute atomic E-state index is 0. The quantitative estimate of drug-likeness (QED) is 0.477. The van der Waals surface area contributed by atoms with E-state index in [2.05, 4.69) is 24.3 Å². The fourth-order valence-corrected chi connectivity index (χ4v) is 1.02. The van der Waals surface area contributed by atoms with Crippen LogP contribution in [-0.4, -0.2) is 0 Å². The van der Waals surface area contributed by atoms with E-state index >= 15 is 0 Å². The van der Waals surface area contributed by atoms with Crippen molar-refractivity contribution in [2.24, 2.45) is 0 Å². The zero-order valence-electron chi connectivity index (χ0n) is 11.0. The van der Waals surface area contributed by atoms with Gasteiger partial charge >= 0.3 is 26.2 Å². The summed E-state index contributed by atoms with van der Waals surface area (Å²) < 4.78 is 0. The number of hydrogen-bond acceptors (Lipinski definition) is 0. The molecule has 0 unspecified atom stereocenters. The summed E-state index contributed by atoms with van der Waals surface area (Å²) in [5, 5.41) is 0. The third kappa shape index (κ3) is 17.4. The van der Waals surface area contributed by atoms with Crippen LogP contribution in [0.2, 0.25) is 0 Å². The monoisotopic (exact) mass is 379 g/mol. The molecule has 20 heavy (non-hydrogen) atoms. The van der Waals surface area contributed by atoms with Crippen LogP contribution in [0.1, 0.15) is 6.42 Å². The van der Waals surface area contributed by atoms with E-state index < -0.39 is 0 Å². The smallest absolute Gasteiger partial charge is 1.00 e. The maximum absolute atomic E-state index is 2.99. The van der Waals surface area contributed by atoms with Gasteiger partial charge in [0, 0.05) is 0 Å². The zero-order chi connectivity index (χ0) is 12.0. The molecule has 0 aliphatic heterocycles. The number of benzene rings is 2. The number of rotatable bonds is 0. The standard InChI is InChI=1S/2C6H5.C5H5.2ClH.Zr/c2*1-2-4-6-5-3-1;1-2-4-5-3-1;;;/h2*1-5H;1-3H,4H2;2*1H;/q3*-1;;;+2/p-2. The van der Waals surface area contributed by atoms with Crippen LogP contribution < -0.4 is 24.8 Å². The largest absolute Gasteiger partial charge is 2.00 e. The van der Waals surface area contributed by atoms with E-state index in [0.29, 0.717) is 0 Å². The predicted molar refractivity (Wildman–Crippen MR) is 72.1 cm³/mol. The van der Waals surface area contributed by atoms with Crippen molar-refractivity contribution in [1.29, 1.82) is 0 Å². The van der Waals surface area contributed by atoms with Crippen molar-refractivity contribution in [1.82, 2.24) is 0 Å². The van der Waals surface area contributed by atoms with Gasteiger partial charge in [-0.2, -0.15) is 78.9 Å². The van der Waals surface area contributed by atoms with Gasteiger partial charge in [0.05, 0.1) is 0 Å². The molecule has 0 radical (unpaired) electrons. The van der Waals surface area contributed by atoms with Crippen molar-refractivity contribution in [3.63, 3.8) is 0 Å². The van der Waals surface area contributed by atoms with Crippen molar-refractivity contribution in [3.8, 4) is 0 Å². The number of allylic oxidation sites excluding steroid dienone is 4. The Hall–Kier alpha value is -0.617. The molecule has 0 fully saturated rings. The Morgan fingerprint density at radius 3 is 1.20 bits per heavy atom. The van der Waals surface area contributed by atoms with Gasteiger partial charge in [-0.1, -0.05) is 0 Å². The third-order valence-corrected chi connectivity index (χ3v) is 1.80. The van der Waals surface area contributed by atoms with Crippen molar-refractivity contribution >= 4 is 0 Å². The molecular weight excluding hydrogens is 366 g/mol. The first-order chi connectivity index (χ1) is 8.50. The first-order valence-electron chi connectivity index (χ1n) is 5.54. The molecule has 2 aromatic carbocycles. The van der Waals surface area contributed by atoms with Crippen LogP contribution in [0, 0.1) is 18.2 Å². The van der Waals surface area contributed by atoms with Crippen LogP contribution in [0.3, 0.4) is 0 Å². The second-order valence-electron chi connectivity index (χ2n) is 3.16. The van der Waals surface area contributed by atoms with Gasteiger partial charge < -0.3 is 24.8 Å². The van der Waals surface area contributed by atoms with Gasteiger partial charge in [0.1, 0.15) is 0 Å². The summed E-state index contributed by atoms with van der Waals surface area (Å²) in [6, 6.07) is 25.0. The van der Waals surface area contributed by atoms with E-state index in [-0.39, 0.29) is 51.0 Å². The summed E-state index contributed by atoms with van der Waals surface area (Å²) in [7, 11) is 0. The molecule has 0 saturated heterocycles. The van der Waals surface area contributed by atoms with E-state index in [1.165, 1.54) is 0 Å². The van der Waals surface area contributed by atoms with E-state index in [1.54, 1.807) is 0 Å². The first-order valence-corrected chi connectivity index (χ1v) is 5.54. The van der Waals surface area contributed by atoms with Gasteiger partial charge in [-0.3, -0.25) is 6.08 Å². The molecule has 0 aromatic heterocycles. The Bertz CT molecular complexity index is 319. The molecule has 0 nitrogen and oxygen atoms in total. The van der Waals surface area contributed by atoms with Crippen molar-refractivity contribution < 1.29 is 51.0 Å². The molecule has 3 rings (SSSR count). The summed E-state index contributed by atoms with van der Waals surface area (Å²) in [4.78, 5) is 0. The second-order valence-corrected chi connectivity index (χ2v) is 3.16. The normalized spacial score (nSPS) is 9.20. The van der Waals surface area contributed by atoms with Gasteiger partial charge in [0.25, 0.3) is 0 Å². The SMILES string of the molecule is [C-]1=CC=CC1.[Cl-].[Cl-].[Zr+2].[c-]1ccccc1.[c-]1ccccc1. The molecule has 0 amide bonds. The fraction of sp³-hybridized carbons (Fsp3) is 0.0588. The molecule has 0 N–H and O–H groups in total. The minimum atomic E-state index is 0. The van der Waals surface area contributed by atoms with Crippen LogP contribution in [0.4, 0.5) is 0 Å².